The van der Waals surface area contributed by atoms with Crippen LogP contribution >= 0.6 is 22.9 Å². The Labute approximate surface area is 144 Å². The second-order valence-electron chi connectivity index (χ2n) is 5.18. The van der Waals surface area contributed by atoms with E-state index in [0.717, 1.165) is 32.3 Å². The Morgan fingerprint density at radius 3 is 2.70 bits per heavy atom. The van der Waals surface area contributed by atoms with Crippen LogP contribution in [0.2, 0.25) is 5.02 Å². The Morgan fingerprint density at radius 1 is 1.17 bits per heavy atom. The molecule has 0 aliphatic carbocycles. The molecule has 23 heavy (non-hydrogen) atoms. The number of benzene rings is 2. The maximum absolute atomic E-state index is 6.23. The van der Waals surface area contributed by atoms with Crippen molar-refractivity contribution in [3.8, 4) is 27.6 Å². The van der Waals surface area contributed by atoms with Crippen molar-refractivity contribution in [3.05, 3.63) is 57.9 Å². The fourth-order valence-corrected chi connectivity index (χ4v) is 3.62. The van der Waals surface area contributed by atoms with Gasteiger partial charge in [0.05, 0.1) is 17.8 Å². The van der Waals surface area contributed by atoms with Crippen LogP contribution in [0.3, 0.4) is 0 Å². The third-order valence-electron chi connectivity index (χ3n) is 3.63. The van der Waals surface area contributed by atoms with Crippen molar-refractivity contribution in [2.24, 2.45) is 5.73 Å². The topological polar surface area (TPSA) is 48.1 Å². The number of methoxy groups -OCH3 is 1. The molecule has 118 valence electrons. The minimum atomic E-state index is 0.527. The largest absolute Gasteiger partial charge is 0.495 e. The summed E-state index contributed by atoms with van der Waals surface area (Å²) in [7, 11) is 1.61. The highest BCUT2D eigenvalue weighted by Crippen LogP contribution is 2.36. The maximum atomic E-state index is 6.23. The van der Waals surface area contributed by atoms with Gasteiger partial charge in [0.1, 0.15) is 10.8 Å². The van der Waals surface area contributed by atoms with Gasteiger partial charge in [-0.25, -0.2) is 4.98 Å². The van der Waals surface area contributed by atoms with Crippen LogP contribution in [0.1, 0.15) is 10.4 Å². The van der Waals surface area contributed by atoms with Crippen molar-refractivity contribution < 1.29 is 4.74 Å². The lowest BCUT2D eigenvalue weighted by molar-refractivity contribution is 0.415. The van der Waals surface area contributed by atoms with Crippen molar-refractivity contribution in [3.63, 3.8) is 0 Å². The second kappa shape index (κ2) is 6.71. The van der Waals surface area contributed by atoms with Crippen LogP contribution in [0.4, 0.5) is 0 Å². The van der Waals surface area contributed by atoms with Gasteiger partial charge in [0.15, 0.2) is 0 Å². The number of nitrogens with two attached hydrogens (primary N) is 1. The monoisotopic (exact) mass is 344 g/mol. The summed E-state index contributed by atoms with van der Waals surface area (Å²) in [5.74, 6) is 0.666. The molecule has 5 heteroatoms. The minimum absolute atomic E-state index is 0.527. The van der Waals surface area contributed by atoms with Crippen LogP contribution < -0.4 is 10.5 Å². The quantitative estimate of drug-likeness (QED) is 0.731. The van der Waals surface area contributed by atoms with E-state index in [1.807, 2.05) is 30.3 Å². The summed E-state index contributed by atoms with van der Waals surface area (Å²) >= 11 is 7.90. The molecular weight excluding hydrogens is 328 g/mol. The van der Waals surface area contributed by atoms with E-state index in [1.165, 1.54) is 0 Å². The van der Waals surface area contributed by atoms with Gasteiger partial charge in [0.25, 0.3) is 0 Å². The molecule has 0 spiro atoms. The van der Waals surface area contributed by atoms with E-state index in [4.69, 9.17) is 27.1 Å². The lowest BCUT2D eigenvalue weighted by Gasteiger charge is -2.05. The molecule has 0 fully saturated rings. The zero-order chi connectivity index (χ0) is 16.4. The number of halogens is 1. The number of aromatic nitrogens is 1. The molecule has 0 saturated carbocycles. The summed E-state index contributed by atoms with van der Waals surface area (Å²) in [6, 6.07) is 13.9. The summed E-state index contributed by atoms with van der Waals surface area (Å²) in [4.78, 5) is 5.95. The molecule has 0 bridgehead atoms. The molecule has 0 aliphatic heterocycles. The van der Waals surface area contributed by atoms with Crippen LogP contribution in [0.25, 0.3) is 21.8 Å². The molecule has 0 radical (unpaired) electrons. The first-order valence-corrected chi connectivity index (χ1v) is 8.42. The van der Waals surface area contributed by atoms with E-state index in [2.05, 4.69) is 19.1 Å². The van der Waals surface area contributed by atoms with Gasteiger partial charge in [-0.3, -0.25) is 0 Å². The van der Waals surface area contributed by atoms with E-state index >= 15 is 0 Å². The lowest BCUT2D eigenvalue weighted by Crippen LogP contribution is -1.95. The molecule has 1 heterocycles. The molecule has 3 nitrogen and oxygen atoms in total. The SMILES string of the molecule is COc1ccc(-c2nc(-c3cccc(CN)c3)sc2C)cc1Cl. The van der Waals surface area contributed by atoms with E-state index in [1.54, 1.807) is 18.4 Å². The molecule has 0 amide bonds. The fourth-order valence-electron chi connectivity index (χ4n) is 2.43. The molecule has 0 aliphatic rings. The van der Waals surface area contributed by atoms with E-state index in [9.17, 15) is 0 Å². The highest BCUT2D eigenvalue weighted by atomic mass is 35.5. The standard InChI is InChI=1S/C18H17ClN2OS/c1-11-17(13-6-7-16(22-2)15(19)9-13)21-18(23-11)14-5-3-4-12(8-14)10-20/h3-9H,10,20H2,1-2H3. The molecule has 1 aromatic heterocycles. The molecule has 2 N–H and O–H groups in total. The van der Waals surface area contributed by atoms with Crippen LogP contribution in [-0.4, -0.2) is 12.1 Å². The number of rotatable bonds is 4. The maximum Gasteiger partial charge on any atom is 0.137 e. The van der Waals surface area contributed by atoms with E-state index in [-0.39, 0.29) is 0 Å². The third kappa shape index (κ3) is 3.24. The molecule has 3 aromatic rings. The average molecular weight is 345 g/mol. The lowest BCUT2D eigenvalue weighted by atomic mass is 10.1. The highest BCUT2D eigenvalue weighted by Gasteiger charge is 2.13. The smallest absolute Gasteiger partial charge is 0.137 e. The number of hydrogen-bond donors (Lipinski definition) is 1. The minimum Gasteiger partial charge on any atom is -0.495 e. The van der Waals surface area contributed by atoms with Gasteiger partial charge < -0.3 is 10.5 Å². The normalized spacial score (nSPS) is 10.8. The van der Waals surface area contributed by atoms with Gasteiger partial charge >= 0.3 is 0 Å². The van der Waals surface area contributed by atoms with E-state index < -0.39 is 0 Å². The number of nitrogens with zero attached hydrogens (tertiary/aromatic N) is 1. The Hall–Kier alpha value is -1.88. The molecule has 0 saturated heterocycles. The van der Waals surface area contributed by atoms with Crippen molar-refractivity contribution in [1.82, 2.24) is 4.98 Å². The summed E-state index contributed by atoms with van der Waals surface area (Å²) < 4.78 is 5.20. The Bertz CT molecular complexity index is 845. The number of hydrogen-bond acceptors (Lipinski definition) is 4. The van der Waals surface area contributed by atoms with Crippen LogP contribution in [-0.2, 0) is 6.54 Å². The Kier molecular flexibility index (Phi) is 4.66. The molecule has 3 rings (SSSR count). The first-order valence-electron chi connectivity index (χ1n) is 7.23. The predicted octanol–water partition coefficient (Wildman–Crippen LogP) is 4.91. The number of ether oxygens (including phenoxy) is 1. The van der Waals surface area contributed by atoms with Crippen LogP contribution in [0, 0.1) is 6.92 Å². The fraction of sp³-hybridized carbons (Fsp3) is 0.167. The first kappa shape index (κ1) is 16.0. The highest BCUT2D eigenvalue weighted by molar-refractivity contribution is 7.15. The van der Waals surface area contributed by atoms with E-state index in [0.29, 0.717) is 17.3 Å². The van der Waals surface area contributed by atoms with Gasteiger partial charge in [-0.1, -0.05) is 29.8 Å². The van der Waals surface area contributed by atoms with Crippen molar-refractivity contribution >= 4 is 22.9 Å². The van der Waals surface area contributed by atoms with Gasteiger partial charge in [-0.05, 0) is 36.8 Å². The Balaban J connectivity index is 2.02. The third-order valence-corrected chi connectivity index (χ3v) is 4.95. The zero-order valence-corrected chi connectivity index (χ0v) is 14.5. The van der Waals surface area contributed by atoms with Gasteiger partial charge in [0, 0.05) is 22.5 Å². The molecule has 2 aromatic carbocycles. The second-order valence-corrected chi connectivity index (χ2v) is 6.79. The van der Waals surface area contributed by atoms with Crippen molar-refractivity contribution in [2.75, 3.05) is 7.11 Å². The molecular formula is C18H17ClN2OS. The van der Waals surface area contributed by atoms with Crippen molar-refractivity contribution in [2.45, 2.75) is 13.5 Å². The summed E-state index contributed by atoms with van der Waals surface area (Å²) in [6.45, 7) is 2.60. The molecule has 0 atom stereocenters. The van der Waals surface area contributed by atoms with Crippen molar-refractivity contribution in [1.29, 1.82) is 0 Å². The molecule has 0 unspecified atom stereocenters. The van der Waals surface area contributed by atoms with Gasteiger partial charge in [0.2, 0.25) is 0 Å². The zero-order valence-electron chi connectivity index (χ0n) is 13.0. The predicted molar refractivity (Wildman–Crippen MR) is 97.2 cm³/mol. The van der Waals surface area contributed by atoms with Crippen LogP contribution in [0.5, 0.6) is 5.75 Å². The van der Waals surface area contributed by atoms with Gasteiger partial charge in [-0.15, -0.1) is 11.3 Å². The average Bonchev–Trinajstić information content (AvgIpc) is 2.96. The number of aryl methyl sites for hydroxylation is 1. The Morgan fingerprint density at radius 2 is 2.00 bits per heavy atom. The number of thiazole rings is 1. The summed E-state index contributed by atoms with van der Waals surface area (Å²) in [5.41, 5.74) is 9.86. The summed E-state index contributed by atoms with van der Waals surface area (Å²) in [5, 5.41) is 1.57. The van der Waals surface area contributed by atoms with Gasteiger partial charge in [-0.2, -0.15) is 0 Å². The van der Waals surface area contributed by atoms with Crippen LogP contribution in [0.15, 0.2) is 42.5 Å². The first-order chi connectivity index (χ1) is 11.1. The summed E-state index contributed by atoms with van der Waals surface area (Å²) in [6.07, 6.45) is 0.